The molecule has 0 spiro atoms. The molecule has 5 rings (SSSR count). The number of aromatic nitrogens is 4. The summed E-state index contributed by atoms with van der Waals surface area (Å²) in [5.41, 5.74) is 7.40. The molecule has 3 N–H and O–H groups in total. The molecule has 31 heavy (non-hydrogen) atoms. The van der Waals surface area contributed by atoms with Gasteiger partial charge in [0.05, 0.1) is 5.52 Å². The molecule has 160 valence electrons. The van der Waals surface area contributed by atoms with Crippen molar-refractivity contribution in [1.82, 2.24) is 24.9 Å². The first-order valence-electron chi connectivity index (χ1n) is 9.34. The van der Waals surface area contributed by atoms with Gasteiger partial charge in [-0.1, -0.05) is 24.3 Å². The van der Waals surface area contributed by atoms with Gasteiger partial charge in [0.25, 0.3) is 0 Å². The van der Waals surface area contributed by atoms with Crippen molar-refractivity contribution in [2.24, 2.45) is 0 Å². The van der Waals surface area contributed by atoms with Gasteiger partial charge in [-0.3, -0.25) is 4.79 Å². The first-order valence-corrected chi connectivity index (χ1v) is 9.34. The number of nitrogens with zero attached hydrogens (tertiary/aromatic N) is 4. The Morgan fingerprint density at radius 1 is 1.10 bits per heavy atom. The van der Waals surface area contributed by atoms with Gasteiger partial charge in [0.2, 0.25) is 11.9 Å². The summed E-state index contributed by atoms with van der Waals surface area (Å²) in [4.78, 5) is 18.8. The lowest BCUT2D eigenvalue weighted by atomic mass is 10.2. The number of amides is 1. The number of para-hydroxylation sites is 1. The Bertz CT molecular complexity index is 1250. The van der Waals surface area contributed by atoms with Crippen LogP contribution in [0.25, 0.3) is 27.9 Å². The summed E-state index contributed by atoms with van der Waals surface area (Å²) in [7, 11) is 0. The van der Waals surface area contributed by atoms with Crippen molar-refractivity contribution in [1.29, 1.82) is 0 Å². The second kappa shape index (κ2) is 8.09. The molecule has 2 aromatic heterocycles. The zero-order valence-corrected chi connectivity index (χ0v) is 16.1. The minimum absolute atomic E-state index is 0.134. The molecule has 0 unspecified atom stereocenters. The molecule has 1 fully saturated rings. The number of nitrogen functional groups attached to an aromatic ring is 1. The predicted molar refractivity (Wildman–Crippen MR) is 107 cm³/mol. The molecule has 2 aromatic carbocycles. The van der Waals surface area contributed by atoms with Crippen molar-refractivity contribution in [3.05, 3.63) is 48.5 Å². The Labute approximate surface area is 173 Å². The van der Waals surface area contributed by atoms with Crippen LogP contribution in [0.3, 0.4) is 0 Å². The van der Waals surface area contributed by atoms with Gasteiger partial charge in [0.1, 0.15) is 5.75 Å². The van der Waals surface area contributed by atoms with Crippen LogP contribution in [-0.4, -0.2) is 38.4 Å². The van der Waals surface area contributed by atoms with E-state index < -0.39 is 6.36 Å². The number of ether oxygens (including phenoxy) is 1. The summed E-state index contributed by atoms with van der Waals surface area (Å²) in [5, 5.41) is 7.67. The van der Waals surface area contributed by atoms with Crippen LogP contribution in [0.2, 0.25) is 0 Å². The minimum atomic E-state index is -4.77. The number of benzene rings is 2. The molecule has 3 heterocycles. The first-order chi connectivity index (χ1) is 14.8. The Balaban J connectivity index is 0.000000334. The number of carbonyl (C=O) groups is 1. The van der Waals surface area contributed by atoms with Crippen molar-refractivity contribution in [3.63, 3.8) is 0 Å². The number of halogens is 3. The Hall–Kier alpha value is -3.89. The van der Waals surface area contributed by atoms with Crippen molar-refractivity contribution < 1.29 is 22.7 Å². The molecule has 0 saturated carbocycles. The molecule has 8 nitrogen and oxygen atoms in total. The summed E-state index contributed by atoms with van der Waals surface area (Å²) in [6, 6.07) is 12.7. The fourth-order valence-electron chi connectivity index (χ4n) is 3.10. The maximum absolute atomic E-state index is 12.4. The smallest absolute Gasteiger partial charge is 0.406 e. The third kappa shape index (κ3) is 4.65. The van der Waals surface area contributed by atoms with Crippen LogP contribution < -0.4 is 15.8 Å². The number of hydrogen-bond donors (Lipinski definition) is 2. The lowest BCUT2D eigenvalue weighted by molar-refractivity contribution is -0.274. The quantitative estimate of drug-likeness (QED) is 0.505. The highest BCUT2D eigenvalue weighted by atomic mass is 19.4. The van der Waals surface area contributed by atoms with Crippen LogP contribution >= 0.6 is 0 Å². The number of hydrogen-bond acceptors (Lipinski definition) is 6. The molecule has 0 atom stereocenters. The molecule has 1 amide bonds. The minimum Gasteiger partial charge on any atom is -0.406 e. The van der Waals surface area contributed by atoms with E-state index >= 15 is 0 Å². The Kier molecular flexibility index (Phi) is 5.32. The molecule has 4 aromatic rings. The fraction of sp³-hybridized carbons (Fsp3) is 0.200. The average Bonchev–Trinajstić information content (AvgIpc) is 3.37. The number of alkyl halides is 3. The molecular weight excluding hydrogens is 413 g/mol. The van der Waals surface area contributed by atoms with E-state index in [2.05, 4.69) is 25.1 Å². The van der Waals surface area contributed by atoms with Crippen LogP contribution in [0.4, 0.5) is 19.1 Å². The summed E-state index contributed by atoms with van der Waals surface area (Å²) in [5.74, 6) is 0.211. The van der Waals surface area contributed by atoms with E-state index in [9.17, 15) is 18.0 Å². The number of anilines is 1. The molecule has 1 aliphatic heterocycles. The number of nitrogens with one attached hydrogen (secondary N) is 1. The van der Waals surface area contributed by atoms with E-state index in [1.165, 1.54) is 22.7 Å². The standard InChI is InChI=1S/C16H10F3N5O.C4H7NO/c17-16(18,19)25-10-5-3-4-9(8-10)13-22-14-11-6-1-2-7-12(11)21-15(20)24(14)23-13;6-4-2-1-3-5-4/h1-8H,(H2,20,21);1-3H2,(H,5,6). The number of nitrogens with two attached hydrogens (primary N) is 1. The van der Waals surface area contributed by atoms with Gasteiger partial charge in [0.15, 0.2) is 11.5 Å². The fourth-order valence-corrected chi connectivity index (χ4v) is 3.10. The van der Waals surface area contributed by atoms with Crippen molar-refractivity contribution in [2.45, 2.75) is 19.2 Å². The summed E-state index contributed by atoms with van der Waals surface area (Å²) in [6.07, 6.45) is -3.01. The van der Waals surface area contributed by atoms with Gasteiger partial charge in [-0.15, -0.1) is 18.3 Å². The highest BCUT2D eigenvalue weighted by molar-refractivity contribution is 5.92. The van der Waals surface area contributed by atoms with Gasteiger partial charge < -0.3 is 15.8 Å². The highest BCUT2D eigenvalue weighted by Crippen LogP contribution is 2.28. The zero-order chi connectivity index (χ0) is 22.0. The lowest BCUT2D eigenvalue weighted by Gasteiger charge is -2.08. The van der Waals surface area contributed by atoms with E-state index in [1.54, 1.807) is 12.1 Å². The maximum Gasteiger partial charge on any atom is 0.573 e. The SMILES string of the molecule is Nc1nc2ccccc2c2nc(-c3cccc(OC(F)(F)F)c3)nn12.O=C1CCCN1. The molecule has 1 saturated heterocycles. The predicted octanol–water partition coefficient (Wildman–Crippen LogP) is 3.32. The van der Waals surface area contributed by atoms with Gasteiger partial charge >= 0.3 is 6.36 Å². The molecule has 0 radical (unpaired) electrons. The number of rotatable bonds is 2. The van der Waals surface area contributed by atoms with Crippen molar-refractivity contribution in [2.75, 3.05) is 12.3 Å². The molecule has 0 aliphatic carbocycles. The monoisotopic (exact) mass is 430 g/mol. The van der Waals surface area contributed by atoms with E-state index in [-0.39, 0.29) is 23.4 Å². The van der Waals surface area contributed by atoms with Gasteiger partial charge in [-0.05, 0) is 30.7 Å². The highest BCUT2D eigenvalue weighted by Gasteiger charge is 2.31. The third-order valence-electron chi connectivity index (χ3n) is 4.43. The topological polar surface area (TPSA) is 107 Å². The number of carbonyl (C=O) groups excluding carboxylic acids is 1. The van der Waals surface area contributed by atoms with E-state index in [0.717, 1.165) is 24.8 Å². The van der Waals surface area contributed by atoms with Crippen molar-refractivity contribution >= 4 is 28.4 Å². The second-order valence-electron chi connectivity index (χ2n) is 6.69. The lowest BCUT2D eigenvalue weighted by Crippen LogP contribution is -2.17. The van der Waals surface area contributed by atoms with E-state index in [1.807, 2.05) is 18.2 Å². The molecule has 11 heteroatoms. The zero-order valence-electron chi connectivity index (χ0n) is 16.1. The maximum atomic E-state index is 12.4. The third-order valence-corrected chi connectivity index (χ3v) is 4.43. The summed E-state index contributed by atoms with van der Waals surface area (Å²) < 4.78 is 42.5. The Morgan fingerprint density at radius 2 is 1.90 bits per heavy atom. The van der Waals surface area contributed by atoms with Crippen LogP contribution in [0, 0.1) is 0 Å². The van der Waals surface area contributed by atoms with E-state index in [4.69, 9.17) is 5.73 Å². The summed E-state index contributed by atoms with van der Waals surface area (Å²) in [6.45, 7) is 0.888. The van der Waals surface area contributed by atoms with Crippen LogP contribution in [0.1, 0.15) is 12.8 Å². The van der Waals surface area contributed by atoms with Crippen LogP contribution in [-0.2, 0) is 4.79 Å². The van der Waals surface area contributed by atoms with Crippen LogP contribution in [0.5, 0.6) is 5.75 Å². The van der Waals surface area contributed by atoms with E-state index in [0.29, 0.717) is 16.7 Å². The number of fused-ring (bicyclic) bond motifs is 3. The summed E-state index contributed by atoms with van der Waals surface area (Å²) >= 11 is 0. The van der Waals surface area contributed by atoms with Gasteiger partial charge in [-0.2, -0.15) is 4.52 Å². The average molecular weight is 430 g/mol. The van der Waals surface area contributed by atoms with Gasteiger partial charge in [0, 0.05) is 23.9 Å². The van der Waals surface area contributed by atoms with Crippen LogP contribution in [0.15, 0.2) is 48.5 Å². The largest absolute Gasteiger partial charge is 0.573 e. The molecule has 1 aliphatic rings. The Morgan fingerprint density at radius 3 is 2.58 bits per heavy atom. The van der Waals surface area contributed by atoms with Gasteiger partial charge in [-0.25, -0.2) is 9.97 Å². The molecular formula is C20H17F3N6O2. The first kappa shape index (κ1) is 20.4. The normalized spacial score (nSPS) is 13.7. The molecule has 0 bridgehead atoms. The van der Waals surface area contributed by atoms with Crippen molar-refractivity contribution in [3.8, 4) is 17.1 Å². The second-order valence-corrected chi connectivity index (χ2v) is 6.69.